The van der Waals surface area contributed by atoms with Crippen molar-refractivity contribution in [2.75, 3.05) is 11.4 Å². The Hall–Kier alpha value is -1.92. The number of benzene rings is 1. The second-order valence-electron chi connectivity index (χ2n) is 4.19. The predicted octanol–water partition coefficient (Wildman–Crippen LogP) is 0.183. The van der Waals surface area contributed by atoms with Crippen LogP contribution in [0.15, 0.2) is 42.7 Å². The van der Waals surface area contributed by atoms with Crippen LogP contribution in [0.5, 0.6) is 0 Å². The van der Waals surface area contributed by atoms with Crippen LogP contribution in [0.1, 0.15) is 12.5 Å². The van der Waals surface area contributed by atoms with Crippen LogP contribution in [0, 0.1) is 0 Å². The molecule has 2 rings (SSSR count). The molecule has 0 fully saturated rings. The summed E-state index contributed by atoms with van der Waals surface area (Å²) in [5, 5.41) is 18.0. The van der Waals surface area contributed by atoms with Crippen LogP contribution >= 0.6 is 0 Å². The molecule has 0 bridgehead atoms. The van der Waals surface area contributed by atoms with Crippen molar-refractivity contribution >= 4 is 18.5 Å². The largest absolute Gasteiger partial charge is 0.491 e. The molecule has 0 unspecified atom stereocenters. The number of aromatic nitrogens is 2. The minimum atomic E-state index is -1.53. The van der Waals surface area contributed by atoms with Gasteiger partial charge in [-0.3, -0.25) is 0 Å². The molecule has 19 heavy (non-hydrogen) atoms. The quantitative estimate of drug-likeness (QED) is 0.748. The summed E-state index contributed by atoms with van der Waals surface area (Å²) in [5.74, 6) is 0.579. The minimum Gasteiger partial charge on any atom is -0.423 e. The van der Waals surface area contributed by atoms with E-state index < -0.39 is 7.12 Å². The van der Waals surface area contributed by atoms with Gasteiger partial charge in [0, 0.05) is 30.9 Å². The summed E-state index contributed by atoms with van der Waals surface area (Å²) in [4.78, 5) is 10.3. The summed E-state index contributed by atoms with van der Waals surface area (Å²) in [7, 11) is -1.53. The van der Waals surface area contributed by atoms with E-state index >= 15 is 0 Å². The van der Waals surface area contributed by atoms with Gasteiger partial charge in [0.1, 0.15) is 0 Å². The Balaban J connectivity index is 2.13. The normalized spacial score (nSPS) is 10.3. The van der Waals surface area contributed by atoms with Gasteiger partial charge < -0.3 is 14.9 Å². The molecule has 0 saturated heterocycles. The van der Waals surface area contributed by atoms with Gasteiger partial charge in [-0.1, -0.05) is 30.3 Å². The average molecular weight is 257 g/mol. The first-order valence-corrected chi connectivity index (χ1v) is 6.17. The molecule has 0 aliphatic rings. The maximum absolute atomic E-state index is 9.01. The maximum Gasteiger partial charge on any atom is 0.491 e. The Bertz CT molecular complexity index is 505. The lowest BCUT2D eigenvalue weighted by molar-refractivity contribution is 0.425. The van der Waals surface area contributed by atoms with E-state index in [0.717, 1.165) is 13.1 Å². The van der Waals surface area contributed by atoms with Crippen molar-refractivity contribution in [3.05, 3.63) is 48.3 Å². The lowest BCUT2D eigenvalue weighted by Gasteiger charge is -2.20. The van der Waals surface area contributed by atoms with Gasteiger partial charge in [-0.15, -0.1) is 0 Å². The fourth-order valence-electron chi connectivity index (χ4n) is 1.76. The predicted molar refractivity (Wildman–Crippen MR) is 75.0 cm³/mol. The van der Waals surface area contributed by atoms with Crippen LogP contribution in [-0.4, -0.2) is 33.7 Å². The molecule has 0 aliphatic heterocycles. The molecule has 1 aromatic carbocycles. The standard InChI is InChI=1S/C13H16BN3O2/c1-2-17(10-11-6-4-3-5-7-11)13-15-8-12(9-16-13)14(18)19/h3-9,18-19H,2,10H2,1H3. The van der Waals surface area contributed by atoms with Crippen LogP contribution in [-0.2, 0) is 6.54 Å². The molecule has 0 amide bonds. The van der Waals surface area contributed by atoms with Crippen molar-refractivity contribution in [1.29, 1.82) is 0 Å². The highest BCUT2D eigenvalue weighted by Gasteiger charge is 2.13. The van der Waals surface area contributed by atoms with E-state index in [1.165, 1.54) is 18.0 Å². The molecule has 0 aliphatic carbocycles. The third-order valence-corrected chi connectivity index (χ3v) is 2.84. The Morgan fingerprint density at radius 1 is 1.11 bits per heavy atom. The maximum atomic E-state index is 9.01. The summed E-state index contributed by atoms with van der Waals surface area (Å²) in [6.07, 6.45) is 2.86. The number of nitrogens with zero attached hydrogens (tertiary/aromatic N) is 3. The van der Waals surface area contributed by atoms with Crippen LogP contribution in [0.2, 0.25) is 0 Å². The van der Waals surface area contributed by atoms with Gasteiger partial charge in [0.25, 0.3) is 0 Å². The fraction of sp³-hybridized carbons (Fsp3) is 0.231. The summed E-state index contributed by atoms with van der Waals surface area (Å²) in [5.41, 5.74) is 1.47. The summed E-state index contributed by atoms with van der Waals surface area (Å²) < 4.78 is 0. The third kappa shape index (κ3) is 3.53. The smallest absolute Gasteiger partial charge is 0.423 e. The van der Waals surface area contributed by atoms with E-state index in [2.05, 4.69) is 22.1 Å². The van der Waals surface area contributed by atoms with Crippen molar-refractivity contribution in [2.24, 2.45) is 0 Å². The molecule has 6 heteroatoms. The highest BCUT2D eigenvalue weighted by molar-refractivity contribution is 6.58. The van der Waals surface area contributed by atoms with Gasteiger partial charge in [0.15, 0.2) is 0 Å². The molecule has 0 saturated carbocycles. The number of hydrogen-bond donors (Lipinski definition) is 2. The molecule has 1 heterocycles. The van der Waals surface area contributed by atoms with Gasteiger partial charge in [-0.25, -0.2) is 9.97 Å². The molecule has 2 aromatic rings. The van der Waals surface area contributed by atoms with Crippen molar-refractivity contribution in [3.8, 4) is 0 Å². The van der Waals surface area contributed by atoms with Gasteiger partial charge in [-0.05, 0) is 12.5 Å². The lowest BCUT2D eigenvalue weighted by atomic mass is 9.83. The van der Waals surface area contributed by atoms with E-state index in [4.69, 9.17) is 10.0 Å². The molecule has 0 radical (unpaired) electrons. The first-order valence-electron chi connectivity index (χ1n) is 6.17. The second kappa shape index (κ2) is 6.31. The molecule has 0 atom stereocenters. The lowest BCUT2D eigenvalue weighted by Crippen LogP contribution is -2.32. The summed E-state index contributed by atoms with van der Waals surface area (Å²) >= 11 is 0. The van der Waals surface area contributed by atoms with E-state index in [1.807, 2.05) is 30.0 Å². The monoisotopic (exact) mass is 257 g/mol. The molecule has 5 nitrogen and oxygen atoms in total. The Labute approximate surface area is 112 Å². The minimum absolute atomic E-state index is 0.291. The summed E-state index contributed by atoms with van der Waals surface area (Å²) in [6.45, 7) is 3.52. The van der Waals surface area contributed by atoms with E-state index in [-0.39, 0.29) is 0 Å². The van der Waals surface area contributed by atoms with Crippen molar-refractivity contribution in [1.82, 2.24) is 9.97 Å². The molecule has 2 N–H and O–H groups in total. The molecular formula is C13H16BN3O2. The highest BCUT2D eigenvalue weighted by Crippen LogP contribution is 2.10. The molecule has 1 aromatic heterocycles. The number of rotatable bonds is 5. The first-order chi connectivity index (χ1) is 9.20. The third-order valence-electron chi connectivity index (χ3n) is 2.84. The Kier molecular flexibility index (Phi) is 4.49. The van der Waals surface area contributed by atoms with Gasteiger partial charge >= 0.3 is 7.12 Å². The zero-order valence-corrected chi connectivity index (χ0v) is 10.8. The van der Waals surface area contributed by atoms with Crippen LogP contribution in [0.25, 0.3) is 0 Å². The molecule has 0 spiro atoms. The Morgan fingerprint density at radius 3 is 2.26 bits per heavy atom. The zero-order valence-electron chi connectivity index (χ0n) is 10.8. The number of hydrogen-bond acceptors (Lipinski definition) is 5. The SMILES string of the molecule is CCN(Cc1ccccc1)c1ncc(B(O)O)cn1. The Morgan fingerprint density at radius 2 is 1.74 bits per heavy atom. The molecule has 98 valence electrons. The van der Waals surface area contributed by atoms with Crippen LogP contribution in [0.3, 0.4) is 0 Å². The number of anilines is 1. The van der Waals surface area contributed by atoms with Crippen molar-refractivity contribution in [3.63, 3.8) is 0 Å². The first kappa shape index (κ1) is 13.5. The van der Waals surface area contributed by atoms with E-state index in [0.29, 0.717) is 11.4 Å². The van der Waals surface area contributed by atoms with Crippen LogP contribution < -0.4 is 10.4 Å². The van der Waals surface area contributed by atoms with Crippen molar-refractivity contribution < 1.29 is 10.0 Å². The van der Waals surface area contributed by atoms with E-state index in [9.17, 15) is 0 Å². The highest BCUT2D eigenvalue weighted by atomic mass is 16.4. The summed E-state index contributed by atoms with van der Waals surface area (Å²) in [6, 6.07) is 10.1. The van der Waals surface area contributed by atoms with Gasteiger partial charge in [0.2, 0.25) is 5.95 Å². The average Bonchev–Trinajstić information content (AvgIpc) is 2.46. The molecular weight excluding hydrogens is 241 g/mol. The van der Waals surface area contributed by atoms with Gasteiger partial charge in [-0.2, -0.15) is 0 Å². The van der Waals surface area contributed by atoms with E-state index in [1.54, 1.807) is 0 Å². The van der Waals surface area contributed by atoms with Crippen LogP contribution in [0.4, 0.5) is 5.95 Å². The zero-order chi connectivity index (χ0) is 13.7. The topological polar surface area (TPSA) is 69.5 Å². The van der Waals surface area contributed by atoms with Gasteiger partial charge in [0.05, 0.1) is 0 Å². The second-order valence-corrected chi connectivity index (χ2v) is 4.19. The van der Waals surface area contributed by atoms with Crippen molar-refractivity contribution in [2.45, 2.75) is 13.5 Å². The fourth-order valence-corrected chi connectivity index (χ4v) is 1.76.